The van der Waals surface area contributed by atoms with Crippen LogP contribution in [0.25, 0.3) is 0 Å². The number of carbonyl (C=O) groups excluding carboxylic acids is 1. The molecule has 1 aromatic rings. The van der Waals surface area contributed by atoms with Gasteiger partial charge in [-0.2, -0.15) is 0 Å². The zero-order valence-electron chi connectivity index (χ0n) is 15.4. The highest BCUT2D eigenvalue weighted by Gasteiger charge is 2.34. The Morgan fingerprint density at radius 1 is 1.28 bits per heavy atom. The van der Waals surface area contributed by atoms with Crippen molar-refractivity contribution >= 4 is 12.1 Å². The number of nitrogens with one attached hydrogen (secondary N) is 2. The van der Waals surface area contributed by atoms with E-state index < -0.39 is 5.60 Å². The van der Waals surface area contributed by atoms with Gasteiger partial charge in [0.1, 0.15) is 18.0 Å². The van der Waals surface area contributed by atoms with Crippen LogP contribution in [-0.4, -0.2) is 61.9 Å². The normalized spacial score (nSPS) is 15.4. The van der Waals surface area contributed by atoms with Crippen LogP contribution in [0, 0.1) is 0 Å². The van der Waals surface area contributed by atoms with Gasteiger partial charge in [-0.15, -0.1) is 0 Å². The Balaban J connectivity index is 1.62. The second kappa shape index (κ2) is 8.60. The summed E-state index contributed by atoms with van der Waals surface area (Å²) in [7, 11) is 1.72. The van der Waals surface area contributed by atoms with Gasteiger partial charge in [0, 0.05) is 20.1 Å². The van der Waals surface area contributed by atoms with Crippen molar-refractivity contribution < 1.29 is 14.3 Å². The molecule has 2 N–H and O–H groups in total. The largest absolute Gasteiger partial charge is 0.492 e. The van der Waals surface area contributed by atoms with Gasteiger partial charge in [-0.05, 0) is 32.9 Å². The van der Waals surface area contributed by atoms with Crippen LogP contribution in [0.4, 0.5) is 4.79 Å². The lowest BCUT2D eigenvalue weighted by Gasteiger charge is -2.40. The van der Waals surface area contributed by atoms with E-state index in [1.807, 2.05) is 51.1 Å². The van der Waals surface area contributed by atoms with Crippen LogP contribution >= 0.6 is 0 Å². The number of hydrogen-bond acceptors (Lipinski definition) is 4. The van der Waals surface area contributed by atoms with E-state index in [4.69, 9.17) is 9.47 Å². The maximum Gasteiger partial charge on any atom is 0.410 e. The van der Waals surface area contributed by atoms with Gasteiger partial charge in [-0.1, -0.05) is 18.2 Å². The molecule has 138 valence electrons. The molecule has 0 spiro atoms. The summed E-state index contributed by atoms with van der Waals surface area (Å²) in [5.74, 6) is 1.55. The predicted molar refractivity (Wildman–Crippen MR) is 98.0 cm³/mol. The number of carbonyl (C=O) groups is 1. The van der Waals surface area contributed by atoms with E-state index in [-0.39, 0.29) is 12.1 Å². The third-order valence-corrected chi connectivity index (χ3v) is 3.50. The first-order chi connectivity index (χ1) is 11.9. The summed E-state index contributed by atoms with van der Waals surface area (Å²) in [5, 5.41) is 6.48. The van der Waals surface area contributed by atoms with Gasteiger partial charge < -0.3 is 25.0 Å². The van der Waals surface area contributed by atoms with E-state index >= 15 is 0 Å². The molecule has 1 amide bonds. The van der Waals surface area contributed by atoms with E-state index in [1.54, 1.807) is 11.9 Å². The van der Waals surface area contributed by atoms with Gasteiger partial charge in [-0.25, -0.2) is 4.79 Å². The molecule has 7 heteroatoms. The highest BCUT2D eigenvalue weighted by Crippen LogP contribution is 2.15. The molecule has 0 unspecified atom stereocenters. The molecule has 1 heterocycles. The zero-order chi connectivity index (χ0) is 18.3. The molecule has 1 aromatic carbocycles. The van der Waals surface area contributed by atoms with Gasteiger partial charge in [0.25, 0.3) is 0 Å². The zero-order valence-corrected chi connectivity index (χ0v) is 15.4. The summed E-state index contributed by atoms with van der Waals surface area (Å²) in [6.45, 7) is 7.99. The molecule has 1 aliphatic rings. The van der Waals surface area contributed by atoms with Crippen LogP contribution in [0.3, 0.4) is 0 Å². The van der Waals surface area contributed by atoms with Gasteiger partial charge in [0.15, 0.2) is 5.96 Å². The molecule has 25 heavy (non-hydrogen) atoms. The molecule has 1 aliphatic heterocycles. The molecule has 0 bridgehead atoms. The summed E-state index contributed by atoms with van der Waals surface area (Å²) in [5.41, 5.74) is -0.466. The molecular weight excluding hydrogens is 320 g/mol. The quantitative estimate of drug-likeness (QED) is 0.483. The Labute approximate surface area is 149 Å². The lowest BCUT2D eigenvalue weighted by molar-refractivity contribution is 0.00701. The summed E-state index contributed by atoms with van der Waals surface area (Å²) in [4.78, 5) is 17.8. The van der Waals surface area contributed by atoms with Crippen molar-refractivity contribution in [1.82, 2.24) is 15.5 Å². The first-order valence-corrected chi connectivity index (χ1v) is 8.50. The van der Waals surface area contributed by atoms with Crippen LogP contribution < -0.4 is 15.4 Å². The minimum atomic E-state index is -0.466. The van der Waals surface area contributed by atoms with E-state index in [0.717, 1.165) is 5.75 Å². The van der Waals surface area contributed by atoms with Crippen molar-refractivity contribution in [3.05, 3.63) is 30.3 Å². The number of aliphatic imine (C=N–C) groups is 1. The summed E-state index contributed by atoms with van der Waals surface area (Å²) >= 11 is 0. The second-order valence-corrected chi connectivity index (χ2v) is 6.89. The summed E-state index contributed by atoms with van der Waals surface area (Å²) in [6, 6.07) is 9.86. The molecular formula is C18H28N4O3. The number of nitrogens with zero attached hydrogens (tertiary/aromatic N) is 2. The standard InChI is InChI=1S/C18H28N4O3/c1-18(2,3)25-17(23)22-12-14(13-22)21-16(19-4)20-10-11-24-15-8-6-5-7-9-15/h5-9,14H,10-13H2,1-4H3,(H2,19,20,21). The SMILES string of the molecule is CN=C(NCCOc1ccccc1)NC1CN(C(=O)OC(C)(C)C)C1. The fraction of sp³-hybridized carbons (Fsp3) is 0.556. The van der Waals surface area contributed by atoms with Crippen molar-refractivity contribution in [2.24, 2.45) is 4.99 Å². The van der Waals surface area contributed by atoms with E-state index in [0.29, 0.717) is 32.2 Å². The van der Waals surface area contributed by atoms with E-state index in [9.17, 15) is 4.79 Å². The maximum absolute atomic E-state index is 11.9. The van der Waals surface area contributed by atoms with Crippen LogP contribution in [-0.2, 0) is 4.74 Å². The Bertz CT molecular complexity index is 578. The minimum Gasteiger partial charge on any atom is -0.492 e. The first kappa shape index (κ1) is 18.9. The number of guanidine groups is 1. The number of benzene rings is 1. The summed E-state index contributed by atoms with van der Waals surface area (Å²) in [6.07, 6.45) is -0.273. The van der Waals surface area contributed by atoms with Gasteiger partial charge in [0.05, 0.1) is 12.6 Å². The van der Waals surface area contributed by atoms with Crippen molar-refractivity contribution in [3.63, 3.8) is 0 Å². The van der Waals surface area contributed by atoms with Crippen LogP contribution in [0.1, 0.15) is 20.8 Å². The second-order valence-electron chi connectivity index (χ2n) is 6.89. The number of hydrogen-bond donors (Lipinski definition) is 2. The Hall–Kier alpha value is -2.44. The third-order valence-electron chi connectivity index (χ3n) is 3.50. The molecule has 0 aromatic heterocycles. The molecule has 1 saturated heterocycles. The number of ether oxygens (including phenoxy) is 2. The molecule has 2 rings (SSSR count). The Morgan fingerprint density at radius 2 is 1.96 bits per heavy atom. The van der Waals surface area contributed by atoms with Crippen molar-refractivity contribution in [2.75, 3.05) is 33.3 Å². The fourth-order valence-electron chi connectivity index (χ4n) is 2.29. The molecule has 0 radical (unpaired) electrons. The van der Waals surface area contributed by atoms with Gasteiger partial charge in [0.2, 0.25) is 0 Å². The van der Waals surface area contributed by atoms with Crippen molar-refractivity contribution in [3.8, 4) is 5.75 Å². The predicted octanol–water partition coefficient (Wildman–Crippen LogP) is 1.85. The molecule has 0 aliphatic carbocycles. The van der Waals surface area contributed by atoms with Crippen LogP contribution in [0.15, 0.2) is 35.3 Å². The number of likely N-dealkylation sites (tertiary alicyclic amines) is 1. The number of para-hydroxylation sites is 1. The van der Waals surface area contributed by atoms with Crippen molar-refractivity contribution in [1.29, 1.82) is 0 Å². The summed E-state index contributed by atoms with van der Waals surface area (Å²) < 4.78 is 11.0. The fourth-order valence-corrected chi connectivity index (χ4v) is 2.29. The molecule has 1 fully saturated rings. The highest BCUT2D eigenvalue weighted by molar-refractivity contribution is 5.80. The number of amides is 1. The lowest BCUT2D eigenvalue weighted by atomic mass is 10.1. The Morgan fingerprint density at radius 3 is 2.56 bits per heavy atom. The van der Waals surface area contributed by atoms with Crippen LogP contribution in [0.5, 0.6) is 5.75 Å². The molecule has 7 nitrogen and oxygen atoms in total. The van der Waals surface area contributed by atoms with Crippen molar-refractivity contribution in [2.45, 2.75) is 32.4 Å². The monoisotopic (exact) mass is 348 g/mol. The topological polar surface area (TPSA) is 75.2 Å². The highest BCUT2D eigenvalue weighted by atomic mass is 16.6. The maximum atomic E-state index is 11.9. The minimum absolute atomic E-state index is 0.175. The lowest BCUT2D eigenvalue weighted by Crippen LogP contribution is -2.63. The van der Waals surface area contributed by atoms with E-state index in [1.165, 1.54) is 0 Å². The number of rotatable bonds is 5. The van der Waals surface area contributed by atoms with Gasteiger partial charge in [-0.3, -0.25) is 4.99 Å². The smallest absolute Gasteiger partial charge is 0.410 e. The molecule has 0 atom stereocenters. The third kappa shape index (κ3) is 6.52. The average Bonchev–Trinajstić information content (AvgIpc) is 2.51. The Kier molecular flexibility index (Phi) is 6.50. The van der Waals surface area contributed by atoms with Gasteiger partial charge >= 0.3 is 6.09 Å². The van der Waals surface area contributed by atoms with E-state index in [2.05, 4.69) is 15.6 Å². The first-order valence-electron chi connectivity index (χ1n) is 8.50. The average molecular weight is 348 g/mol. The molecule has 0 saturated carbocycles. The van der Waals surface area contributed by atoms with Crippen LogP contribution in [0.2, 0.25) is 0 Å².